The second-order valence-corrected chi connectivity index (χ2v) is 36.9. The molecule has 0 aliphatic heterocycles. The van der Waals surface area contributed by atoms with Gasteiger partial charge in [0.05, 0.1) is 27.9 Å². The van der Waals surface area contributed by atoms with Gasteiger partial charge in [0.25, 0.3) is 0 Å². The second-order valence-electron chi connectivity index (χ2n) is 33.9. The molecule has 0 bridgehead atoms. The first-order chi connectivity index (χ1) is 66.8. The van der Waals surface area contributed by atoms with Gasteiger partial charge in [0, 0.05) is 118 Å². The van der Waals surface area contributed by atoms with Crippen LogP contribution in [0.15, 0.2) is 431 Å². The molecule has 0 N–H and O–H groups in total. The van der Waals surface area contributed by atoms with E-state index in [1.807, 2.05) is 24.3 Å². The Balaban J connectivity index is 0.479. The summed E-state index contributed by atoms with van der Waals surface area (Å²) >= 11 is 5.13. The number of para-hydroxylation sites is 3. The average Bonchev–Trinajstić information content (AvgIpc) is 1.60. The lowest BCUT2D eigenvalue weighted by Gasteiger charge is -2.13. The summed E-state index contributed by atoms with van der Waals surface area (Å²) in [4.78, 5) is 61.3. The molecule has 17 aromatic carbocycles. The molecule has 0 unspecified atom stereocenters. The molecule has 26 rings (SSSR count). The molecule has 0 atom stereocenters. The van der Waals surface area contributed by atoms with E-state index >= 15 is 0 Å². The summed E-state index contributed by atoms with van der Waals surface area (Å²) in [7, 11) is 0. The third-order valence-electron chi connectivity index (χ3n) is 25.8. The minimum Gasteiger partial charge on any atom is -0.237 e. The van der Waals surface area contributed by atoms with Gasteiger partial charge in [-0.3, -0.25) is 0 Å². The highest BCUT2D eigenvalue weighted by atomic mass is 32.1. The minimum atomic E-state index is 0.566. The Labute approximate surface area is 787 Å². The predicted molar refractivity (Wildman–Crippen MR) is 560 cm³/mol. The van der Waals surface area contributed by atoms with E-state index in [1.54, 1.807) is 34.0 Å². The first-order valence-electron chi connectivity index (χ1n) is 44.9. The number of thiophene rings is 3. The third kappa shape index (κ3) is 14.4. The number of benzene rings is 17. The van der Waals surface area contributed by atoms with E-state index in [9.17, 15) is 0 Å². The van der Waals surface area contributed by atoms with Crippen LogP contribution in [0.25, 0.3) is 274 Å². The molecule has 0 aliphatic rings. The van der Waals surface area contributed by atoms with E-state index in [1.165, 1.54) is 21.0 Å². The fourth-order valence-corrected chi connectivity index (χ4v) is 22.2. The normalized spacial score (nSPS) is 11.7. The molecule has 9 aromatic heterocycles. The molecule has 0 radical (unpaired) electrons. The van der Waals surface area contributed by atoms with Crippen molar-refractivity contribution in [1.82, 2.24) is 54.8 Å². The van der Waals surface area contributed by atoms with Crippen molar-refractivity contribution >= 4 is 128 Å². The Morgan fingerprint density at radius 1 is 0.133 bits per heavy atom. The van der Waals surface area contributed by atoms with Gasteiger partial charge in [0.2, 0.25) is 0 Å². The highest BCUT2D eigenvalue weighted by Crippen LogP contribution is 2.48. The summed E-state index contributed by atoms with van der Waals surface area (Å²) in [6, 6.07) is 152. The van der Waals surface area contributed by atoms with Crippen molar-refractivity contribution in [2.75, 3.05) is 0 Å². The fourth-order valence-electron chi connectivity index (χ4n) is 19.0. The average molecular weight is 1780 g/mol. The number of aromatic nitrogens is 11. The monoisotopic (exact) mass is 1770 g/mol. The van der Waals surface area contributed by atoms with Crippen LogP contribution in [0, 0.1) is 0 Å². The highest BCUT2D eigenvalue weighted by molar-refractivity contribution is 7.26. The van der Waals surface area contributed by atoms with E-state index in [-0.39, 0.29) is 0 Å². The summed E-state index contributed by atoms with van der Waals surface area (Å²) in [6.07, 6.45) is 0. The number of rotatable bonds is 16. The first-order valence-corrected chi connectivity index (χ1v) is 47.3. The van der Waals surface area contributed by atoms with Crippen molar-refractivity contribution in [2.45, 2.75) is 0 Å². The van der Waals surface area contributed by atoms with Crippen LogP contribution < -0.4 is 0 Å². The smallest absolute Gasteiger partial charge is 0.165 e. The number of fused-ring (bicyclic) bond motifs is 12. The molecule has 0 amide bonds. The van der Waals surface area contributed by atoms with Gasteiger partial charge in [-0.1, -0.05) is 382 Å². The van der Waals surface area contributed by atoms with E-state index in [0.717, 1.165) is 212 Å². The first kappa shape index (κ1) is 78.7. The molecule has 0 aliphatic carbocycles. The van der Waals surface area contributed by atoms with E-state index < -0.39 is 0 Å². The van der Waals surface area contributed by atoms with Crippen molar-refractivity contribution in [3.8, 4) is 180 Å². The van der Waals surface area contributed by atoms with Crippen LogP contribution >= 0.6 is 34.0 Å². The van der Waals surface area contributed by atoms with Crippen molar-refractivity contribution < 1.29 is 0 Å². The van der Waals surface area contributed by atoms with Crippen LogP contribution in [0.2, 0.25) is 0 Å². The maximum absolute atomic E-state index is 5.46. The molecule has 0 saturated heterocycles. The molecule has 9 heterocycles. The largest absolute Gasteiger partial charge is 0.237 e. The van der Waals surface area contributed by atoms with Crippen LogP contribution in [0.5, 0.6) is 0 Å². The fraction of sp³-hybridized carbons (Fsp3) is 0. The van der Waals surface area contributed by atoms with Gasteiger partial charge in [-0.05, 0) is 121 Å². The highest BCUT2D eigenvalue weighted by Gasteiger charge is 2.26. The molecule has 0 spiro atoms. The standard InChI is InChI=1S/C121H71N11S3/c1-3-20-72(21-4-1)73-48-60-86(61-49-73)113-128-116(132-118(129-113)108-94-28-9-15-34-100(94)126-121-111(108)97-31-12-18-37-105(97)135-121)89-66-54-81(55-67-89)91-25-19-24-90(70-91)80-44-42-76(43-45-80)79-52-64-88(65-53-79)115-127-114(130-117(131-115)107-93-27-8-14-33-99(93)125-120-110(107)96-30-11-17-36-104(96)134-120)87-62-50-78(51-63-87)75-40-38-74(39-41-75)77-46-56-83(57-47-77)102-71-101(82-22-5-2-6-23-82)122-112(123-102)85-68-58-84(59-69-85)106-92-26-7-13-32-98(92)124-119-109(106)95-29-10-16-35-103(95)133-119/h1-71H. The maximum Gasteiger partial charge on any atom is 0.165 e. The van der Waals surface area contributed by atoms with Crippen molar-refractivity contribution in [1.29, 1.82) is 0 Å². The second kappa shape index (κ2) is 33.0. The van der Waals surface area contributed by atoms with Crippen molar-refractivity contribution in [3.63, 3.8) is 0 Å². The van der Waals surface area contributed by atoms with Gasteiger partial charge in [0.15, 0.2) is 40.8 Å². The lowest BCUT2D eigenvalue weighted by molar-refractivity contribution is 1.08. The maximum atomic E-state index is 5.46. The van der Waals surface area contributed by atoms with E-state index in [0.29, 0.717) is 40.8 Å². The Morgan fingerprint density at radius 3 is 0.696 bits per heavy atom. The molecule has 628 valence electrons. The summed E-state index contributed by atoms with van der Waals surface area (Å²) in [5.74, 6) is 4.14. The van der Waals surface area contributed by atoms with Crippen molar-refractivity contribution in [3.05, 3.63) is 431 Å². The predicted octanol–water partition coefficient (Wildman–Crippen LogP) is 32.3. The third-order valence-corrected chi connectivity index (χ3v) is 29.0. The van der Waals surface area contributed by atoms with Crippen LogP contribution in [0.3, 0.4) is 0 Å². The van der Waals surface area contributed by atoms with Crippen LogP contribution in [0.4, 0.5) is 0 Å². The van der Waals surface area contributed by atoms with Gasteiger partial charge in [0.1, 0.15) is 14.5 Å². The summed E-state index contributed by atoms with van der Waals surface area (Å²) in [5, 5.41) is 9.80. The van der Waals surface area contributed by atoms with Gasteiger partial charge in [-0.2, -0.15) is 0 Å². The molecule has 135 heavy (non-hydrogen) atoms. The van der Waals surface area contributed by atoms with Crippen LogP contribution in [-0.4, -0.2) is 54.8 Å². The summed E-state index contributed by atoms with van der Waals surface area (Å²) in [5.41, 5.74) is 28.2. The lowest BCUT2D eigenvalue weighted by Crippen LogP contribution is -2.01. The van der Waals surface area contributed by atoms with Crippen LogP contribution in [-0.2, 0) is 0 Å². The van der Waals surface area contributed by atoms with E-state index in [2.05, 4.69) is 406 Å². The number of nitrogens with zero attached hydrogens (tertiary/aromatic N) is 11. The van der Waals surface area contributed by atoms with Gasteiger partial charge >= 0.3 is 0 Å². The van der Waals surface area contributed by atoms with Crippen molar-refractivity contribution in [2.24, 2.45) is 0 Å². The zero-order chi connectivity index (χ0) is 89.0. The van der Waals surface area contributed by atoms with E-state index in [4.69, 9.17) is 54.8 Å². The molecule has 0 fully saturated rings. The Hall–Kier alpha value is -17.3. The van der Waals surface area contributed by atoms with Gasteiger partial charge in [-0.25, -0.2) is 54.8 Å². The SMILES string of the molecule is c1ccc(-c2ccc(-c3nc(-c4ccc(-c5cccc(-c6ccc(-c7ccc(-c8nc(-c9ccc(-c%10ccc(-c%11ccc(-c%12cc(-c%13ccccc%13)nc(-c%13ccc(-c%14c%15ccccc%15nc%15sc%16ccccc%16c%14%15)cc%13)n%12)cc%11)cc%10)cc9)nc(-c9c%10ccccc%10nc%10sc%11ccccc%11c9%10)n8)cc7)cc6)c5)cc4)nc(-c4c5ccccc5nc5sc6ccccc6c45)n3)cc2)cc1. The molecule has 0 saturated carbocycles. The molecular weight excluding hydrogens is 1700 g/mol. The Kier molecular flexibility index (Phi) is 19.2. The topological polar surface area (TPSA) is 142 Å². The zero-order valence-electron chi connectivity index (χ0n) is 72.1. The molecular formula is C121H71N11S3. The molecule has 14 heteroatoms. The van der Waals surface area contributed by atoms with Crippen LogP contribution in [0.1, 0.15) is 0 Å². The Morgan fingerprint density at radius 2 is 0.356 bits per heavy atom. The number of hydrogen-bond donors (Lipinski definition) is 0. The summed E-state index contributed by atoms with van der Waals surface area (Å²) < 4.78 is 3.54. The molecule has 26 aromatic rings. The number of pyridine rings is 3. The Bertz CT molecular complexity index is 9170. The quantitative estimate of drug-likeness (QED) is 0.0912. The zero-order valence-corrected chi connectivity index (χ0v) is 74.6. The lowest BCUT2D eigenvalue weighted by atomic mass is 9.95. The minimum absolute atomic E-state index is 0.566. The number of hydrogen-bond acceptors (Lipinski definition) is 14. The van der Waals surface area contributed by atoms with Gasteiger partial charge in [-0.15, -0.1) is 34.0 Å². The summed E-state index contributed by atoms with van der Waals surface area (Å²) in [6.45, 7) is 0. The molecule has 11 nitrogen and oxygen atoms in total. The van der Waals surface area contributed by atoms with Gasteiger partial charge < -0.3 is 0 Å².